The van der Waals surface area contributed by atoms with Gasteiger partial charge in [0, 0.05) is 41.5 Å². The number of aromatic nitrogens is 2. The molecule has 4 aromatic rings. The van der Waals surface area contributed by atoms with E-state index in [0.717, 1.165) is 59.6 Å². The number of benzene rings is 2. The van der Waals surface area contributed by atoms with Gasteiger partial charge in [0.2, 0.25) is 0 Å². The van der Waals surface area contributed by atoms with Crippen LogP contribution in [0.4, 0.5) is 4.39 Å². The lowest BCUT2D eigenvalue weighted by Gasteiger charge is -2.29. The summed E-state index contributed by atoms with van der Waals surface area (Å²) in [5.74, 6) is -0.274. The number of nitrogens with zero attached hydrogens (tertiary/aromatic N) is 2. The van der Waals surface area contributed by atoms with Crippen molar-refractivity contribution >= 4 is 9.84 Å². The number of piperidine rings is 1. The van der Waals surface area contributed by atoms with Gasteiger partial charge >= 0.3 is 0 Å². The summed E-state index contributed by atoms with van der Waals surface area (Å²) < 4.78 is 40.1. The molecule has 0 amide bonds. The van der Waals surface area contributed by atoms with Crippen LogP contribution in [0.2, 0.25) is 0 Å². The highest BCUT2D eigenvalue weighted by molar-refractivity contribution is 7.90. The zero-order valence-corrected chi connectivity index (χ0v) is 19.7. The molecule has 7 heteroatoms. The van der Waals surface area contributed by atoms with Crippen molar-refractivity contribution in [1.29, 1.82) is 0 Å². The SMILES string of the molecule is CS(=O)(=O)c1ccc(-c2cc(-c3ccc(F)cc3)c(-c3ccncc3)n2C2CCNCC2)cc1. The van der Waals surface area contributed by atoms with Gasteiger partial charge in [-0.15, -0.1) is 0 Å². The molecule has 2 aromatic carbocycles. The maximum Gasteiger partial charge on any atom is 0.175 e. The number of sulfone groups is 1. The summed E-state index contributed by atoms with van der Waals surface area (Å²) in [5, 5.41) is 3.44. The molecule has 0 spiro atoms. The minimum Gasteiger partial charge on any atom is -0.337 e. The van der Waals surface area contributed by atoms with E-state index in [4.69, 9.17) is 0 Å². The molecule has 1 fully saturated rings. The summed E-state index contributed by atoms with van der Waals surface area (Å²) in [5.41, 5.74) is 5.98. The Balaban J connectivity index is 1.77. The molecule has 1 saturated heterocycles. The van der Waals surface area contributed by atoms with Crippen LogP contribution in [0.25, 0.3) is 33.6 Å². The van der Waals surface area contributed by atoms with Crippen molar-refractivity contribution < 1.29 is 12.8 Å². The van der Waals surface area contributed by atoms with Crippen molar-refractivity contribution in [3.8, 4) is 33.6 Å². The lowest BCUT2D eigenvalue weighted by atomic mass is 10.0. The van der Waals surface area contributed by atoms with E-state index < -0.39 is 9.84 Å². The molecule has 34 heavy (non-hydrogen) atoms. The molecule has 0 atom stereocenters. The highest BCUT2D eigenvalue weighted by Gasteiger charge is 2.26. The second kappa shape index (κ2) is 9.16. The van der Waals surface area contributed by atoms with Crippen LogP contribution in [-0.2, 0) is 9.84 Å². The van der Waals surface area contributed by atoms with Crippen molar-refractivity contribution in [2.45, 2.75) is 23.8 Å². The van der Waals surface area contributed by atoms with Crippen LogP contribution >= 0.6 is 0 Å². The molecule has 1 aliphatic heterocycles. The summed E-state index contributed by atoms with van der Waals surface area (Å²) in [7, 11) is -3.28. The molecule has 1 N–H and O–H groups in total. The van der Waals surface area contributed by atoms with E-state index in [1.165, 1.54) is 18.4 Å². The lowest BCUT2D eigenvalue weighted by Crippen LogP contribution is -2.30. The molecule has 0 bridgehead atoms. The van der Waals surface area contributed by atoms with E-state index in [2.05, 4.69) is 20.9 Å². The standard InChI is InChI=1S/C27H26FN3O2S/c1-34(32,33)24-8-4-20(5-9-24)26-18-25(19-2-6-22(28)7-3-19)27(21-10-14-29-15-11-21)31(26)23-12-16-30-17-13-23/h2-11,14-15,18,23,30H,12-13,16-17H2,1H3. The Hall–Kier alpha value is -3.29. The van der Waals surface area contributed by atoms with E-state index >= 15 is 0 Å². The van der Waals surface area contributed by atoms with Crippen molar-refractivity contribution in [3.05, 3.63) is 84.9 Å². The fourth-order valence-electron chi connectivity index (χ4n) is 4.72. The molecule has 0 unspecified atom stereocenters. The van der Waals surface area contributed by atoms with Crippen molar-refractivity contribution in [3.63, 3.8) is 0 Å². The zero-order chi connectivity index (χ0) is 23.7. The fraction of sp³-hybridized carbons (Fsp3) is 0.222. The van der Waals surface area contributed by atoms with Gasteiger partial charge in [-0.25, -0.2) is 12.8 Å². The Kier molecular flexibility index (Phi) is 6.06. The number of pyridine rings is 1. The molecule has 0 radical (unpaired) electrons. The molecule has 0 aliphatic carbocycles. The normalized spacial score (nSPS) is 14.9. The summed E-state index contributed by atoms with van der Waals surface area (Å²) in [6.07, 6.45) is 6.73. The summed E-state index contributed by atoms with van der Waals surface area (Å²) in [4.78, 5) is 4.49. The van der Waals surface area contributed by atoms with E-state index in [9.17, 15) is 12.8 Å². The average molecular weight is 476 g/mol. The third-order valence-electron chi connectivity index (χ3n) is 6.40. The van der Waals surface area contributed by atoms with Crippen LogP contribution in [0, 0.1) is 5.82 Å². The van der Waals surface area contributed by atoms with Gasteiger partial charge in [-0.05, 0) is 79.5 Å². The lowest BCUT2D eigenvalue weighted by molar-refractivity contribution is 0.374. The Labute approximate surface area is 199 Å². The van der Waals surface area contributed by atoms with Crippen LogP contribution in [0.1, 0.15) is 18.9 Å². The molecule has 5 rings (SSSR count). The molecular weight excluding hydrogens is 449 g/mol. The predicted molar refractivity (Wildman–Crippen MR) is 133 cm³/mol. The minimum absolute atomic E-state index is 0.267. The number of hydrogen-bond donors (Lipinski definition) is 1. The first-order valence-electron chi connectivity index (χ1n) is 11.3. The van der Waals surface area contributed by atoms with E-state index in [1.54, 1.807) is 36.7 Å². The van der Waals surface area contributed by atoms with Gasteiger partial charge in [-0.2, -0.15) is 0 Å². The van der Waals surface area contributed by atoms with Crippen molar-refractivity contribution in [1.82, 2.24) is 14.9 Å². The zero-order valence-electron chi connectivity index (χ0n) is 18.9. The second-order valence-electron chi connectivity index (χ2n) is 8.68. The molecule has 5 nitrogen and oxygen atoms in total. The quantitative estimate of drug-likeness (QED) is 0.423. The van der Waals surface area contributed by atoms with Gasteiger partial charge in [0.1, 0.15) is 5.82 Å². The third-order valence-corrected chi connectivity index (χ3v) is 7.53. The highest BCUT2D eigenvalue weighted by Crippen LogP contribution is 2.42. The van der Waals surface area contributed by atoms with Gasteiger partial charge in [-0.1, -0.05) is 24.3 Å². The summed E-state index contributed by atoms with van der Waals surface area (Å²) >= 11 is 0. The molecule has 3 heterocycles. The second-order valence-corrected chi connectivity index (χ2v) is 10.7. The Bertz CT molecular complexity index is 1390. The minimum atomic E-state index is -3.28. The first-order valence-corrected chi connectivity index (χ1v) is 13.2. The first-order chi connectivity index (χ1) is 16.4. The smallest absolute Gasteiger partial charge is 0.175 e. The average Bonchev–Trinajstić information content (AvgIpc) is 3.26. The number of hydrogen-bond acceptors (Lipinski definition) is 4. The molecule has 0 saturated carbocycles. The largest absolute Gasteiger partial charge is 0.337 e. The molecule has 1 aliphatic rings. The van der Waals surface area contributed by atoms with Gasteiger partial charge < -0.3 is 9.88 Å². The number of rotatable bonds is 5. The van der Waals surface area contributed by atoms with Gasteiger partial charge in [0.15, 0.2) is 9.84 Å². The highest BCUT2D eigenvalue weighted by atomic mass is 32.2. The van der Waals surface area contributed by atoms with Crippen LogP contribution < -0.4 is 5.32 Å². The third kappa shape index (κ3) is 4.41. The van der Waals surface area contributed by atoms with Crippen molar-refractivity contribution in [2.24, 2.45) is 0 Å². The van der Waals surface area contributed by atoms with Crippen LogP contribution in [0.3, 0.4) is 0 Å². The van der Waals surface area contributed by atoms with Gasteiger partial charge in [0.25, 0.3) is 0 Å². The Morgan fingerprint density at radius 2 is 1.50 bits per heavy atom. The van der Waals surface area contributed by atoms with Gasteiger partial charge in [-0.3, -0.25) is 4.98 Å². The number of nitrogens with one attached hydrogen (secondary N) is 1. The first kappa shape index (κ1) is 22.5. The Morgan fingerprint density at radius 3 is 2.12 bits per heavy atom. The van der Waals surface area contributed by atoms with Crippen LogP contribution in [0.5, 0.6) is 0 Å². The molecular formula is C27H26FN3O2S. The van der Waals surface area contributed by atoms with Gasteiger partial charge in [0.05, 0.1) is 10.6 Å². The van der Waals surface area contributed by atoms with Crippen LogP contribution in [0.15, 0.2) is 84.0 Å². The summed E-state index contributed by atoms with van der Waals surface area (Å²) in [6, 6.07) is 20.0. The van der Waals surface area contributed by atoms with E-state index in [0.29, 0.717) is 4.90 Å². The predicted octanol–water partition coefficient (Wildman–Crippen LogP) is 5.35. The maximum absolute atomic E-state index is 13.7. The summed E-state index contributed by atoms with van der Waals surface area (Å²) in [6.45, 7) is 1.86. The van der Waals surface area contributed by atoms with E-state index in [-0.39, 0.29) is 11.9 Å². The topological polar surface area (TPSA) is 64.0 Å². The Morgan fingerprint density at radius 1 is 0.882 bits per heavy atom. The van der Waals surface area contributed by atoms with Crippen LogP contribution in [-0.4, -0.2) is 37.3 Å². The maximum atomic E-state index is 13.7. The van der Waals surface area contributed by atoms with Crippen molar-refractivity contribution in [2.75, 3.05) is 19.3 Å². The monoisotopic (exact) mass is 475 g/mol. The fourth-order valence-corrected chi connectivity index (χ4v) is 5.35. The van der Waals surface area contributed by atoms with E-state index in [1.807, 2.05) is 24.3 Å². The molecule has 2 aromatic heterocycles. The number of halogens is 1. The molecule has 174 valence electrons.